The average Bonchev–Trinajstić information content (AvgIpc) is 2.50. The highest BCUT2D eigenvalue weighted by Crippen LogP contribution is 2.24. The first-order chi connectivity index (χ1) is 11.0. The molecule has 1 heterocycles. The maximum atomic E-state index is 12.1. The van der Waals surface area contributed by atoms with Gasteiger partial charge in [-0.25, -0.2) is 9.97 Å². The fourth-order valence-corrected chi connectivity index (χ4v) is 2.12. The van der Waals surface area contributed by atoms with Crippen molar-refractivity contribution in [2.45, 2.75) is 33.2 Å². The van der Waals surface area contributed by atoms with Crippen LogP contribution in [0.5, 0.6) is 11.8 Å². The molecular weight excluding hydrogens is 328 g/mol. The molecule has 0 unspecified atom stereocenters. The molecule has 0 saturated heterocycles. The first-order valence-corrected chi connectivity index (χ1v) is 7.57. The number of nitrogens with zero attached hydrogens (tertiary/aromatic N) is 2. The number of amides is 1. The molecule has 0 fully saturated rings. The van der Waals surface area contributed by atoms with Crippen molar-refractivity contribution in [3.63, 3.8) is 0 Å². The molecule has 3 N–H and O–H groups in total. The number of aromatic nitrogens is 2. The average molecular weight is 351 g/mol. The lowest BCUT2D eigenvalue weighted by molar-refractivity contribution is -0.117. The van der Waals surface area contributed by atoms with Crippen LogP contribution in [0.4, 0.5) is 5.69 Å². The fraction of sp³-hybridized carbons (Fsp3) is 0.353. The van der Waals surface area contributed by atoms with Crippen LogP contribution in [0.3, 0.4) is 0 Å². The van der Waals surface area contributed by atoms with Gasteiger partial charge in [0.2, 0.25) is 5.91 Å². The Balaban J connectivity index is 0.00000288. The van der Waals surface area contributed by atoms with Crippen LogP contribution in [0.15, 0.2) is 36.7 Å². The van der Waals surface area contributed by atoms with Crippen molar-refractivity contribution < 1.29 is 9.53 Å². The number of nitrogens with two attached hydrogens (primary N) is 1. The molecule has 0 radical (unpaired) electrons. The Bertz CT molecular complexity index is 665. The molecule has 2 rings (SSSR count). The lowest BCUT2D eigenvalue weighted by atomic mass is 10.0. The monoisotopic (exact) mass is 350 g/mol. The van der Waals surface area contributed by atoms with E-state index in [0.29, 0.717) is 18.1 Å². The van der Waals surface area contributed by atoms with Crippen LogP contribution in [0.25, 0.3) is 0 Å². The predicted octanol–water partition coefficient (Wildman–Crippen LogP) is 3.31. The Morgan fingerprint density at radius 1 is 1.29 bits per heavy atom. The van der Waals surface area contributed by atoms with Gasteiger partial charge in [-0.1, -0.05) is 13.8 Å². The first-order valence-electron chi connectivity index (χ1n) is 7.57. The Labute approximate surface area is 148 Å². The van der Waals surface area contributed by atoms with Crippen LogP contribution >= 0.6 is 12.4 Å². The zero-order valence-electron chi connectivity index (χ0n) is 14.0. The predicted molar refractivity (Wildman–Crippen MR) is 96.6 cm³/mol. The molecule has 0 aliphatic rings. The van der Waals surface area contributed by atoms with Gasteiger partial charge in [0.15, 0.2) is 0 Å². The maximum Gasteiger partial charge on any atom is 0.321 e. The van der Waals surface area contributed by atoms with E-state index < -0.39 is 6.04 Å². The number of benzene rings is 1. The second-order valence-electron chi connectivity index (χ2n) is 5.84. The lowest BCUT2D eigenvalue weighted by Gasteiger charge is -2.15. The van der Waals surface area contributed by atoms with Crippen molar-refractivity contribution in [3.8, 4) is 11.8 Å². The van der Waals surface area contributed by atoms with Gasteiger partial charge >= 0.3 is 6.01 Å². The Kier molecular flexibility index (Phi) is 7.61. The summed E-state index contributed by atoms with van der Waals surface area (Å²) in [4.78, 5) is 20.1. The quantitative estimate of drug-likeness (QED) is 0.834. The number of anilines is 1. The number of rotatable bonds is 6. The number of carbonyl (C=O) groups excluding carboxylic acids is 1. The molecule has 130 valence electrons. The Morgan fingerprint density at radius 3 is 2.54 bits per heavy atom. The van der Waals surface area contributed by atoms with Gasteiger partial charge in [0.25, 0.3) is 0 Å². The molecule has 1 atom stereocenters. The van der Waals surface area contributed by atoms with Crippen LogP contribution < -0.4 is 15.8 Å². The van der Waals surface area contributed by atoms with E-state index in [0.717, 1.165) is 11.3 Å². The van der Waals surface area contributed by atoms with Crippen molar-refractivity contribution in [2.75, 3.05) is 5.32 Å². The van der Waals surface area contributed by atoms with Gasteiger partial charge in [0.05, 0.1) is 6.04 Å². The molecule has 24 heavy (non-hydrogen) atoms. The molecule has 0 aliphatic carbocycles. The largest absolute Gasteiger partial charge is 0.424 e. The van der Waals surface area contributed by atoms with Crippen LogP contribution in [-0.2, 0) is 4.79 Å². The van der Waals surface area contributed by atoms with Crippen LogP contribution in [0, 0.1) is 12.8 Å². The molecule has 7 heteroatoms. The number of hydrogen-bond acceptors (Lipinski definition) is 5. The second-order valence-corrected chi connectivity index (χ2v) is 5.84. The molecule has 0 saturated carbocycles. The summed E-state index contributed by atoms with van der Waals surface area (Å²) in [6.07, 6.45) is 3.87. The van der Waals surface area contributed by atoms with E-state index in [1.807, 2.05) is 26.8 Å². The highest BCUT2D eigenvalue weighted by Gasteiger charge is 2.16. The van der Waals surface area contributed by atoms with Crippen LogP contribution in [-0.4, -0.2) is 21.9 Å². The van der Waals surface area contributed by atoms with Crippen molar-refractivity contribution in [2.24, 2.45) is 11.7 Å². The van der Waals surface area contributed by atoms with Gasteiger partial charge in [-0.3, -0.25) is 4.79 Å². The summed E-state index contributed by atoms with van der Waals surface area (Å²) >= 11 is 0. The highest BCUT2D eigenvalue weighted by molar-refractivity contribution is 5.95. The van der Waals surface area contributed by atoms with E-state index in [9.17, 15) is 4.79 Å². The van der Waals surface area contributed by atoms with E-state index in [4.69, 9.17) is 10.5 Å². The number of nitrogens with one attached hydrogen (secondary N) is 1. The van der Waals surface area contributed by atoms with Crippen molar-refractivity contribution in [1.82, 2.24) is 9.97 Å². The standard InChI is InChI=1S/C17H22N4O2.ClH/c1-11(2)9-14(18)16(22)21-15-6-5-13(10-12(15)3)23-17-19-7-4-8-20-17;/h4-8,10-11,14H,9,18H2,1-3H3,(H,21,22);1H/t14-;/m0./s1. The minimum atomic E-state index is -0.511. The second kappa shape index (κ2) is 9.20. The smallest absolute Gasteiger partial charge is 0.321 e. The van der Waals surface area contributed by atoms with Gasteiger partial charge < -0.3 is 15.8 Å². The number of ether oxygens (including phenoxy) is 1. The van der Waals surface area contributed by atoms with Crippen LogP contribution in [0.2, 0.25) is 0 Å². The molecule has 6 nitrogen and oxygen atoms in total. The van der Waals surface area contributed by atoms with Crippen molar-refractivity contribution >= 4 is 24.0 Å². The molecule has 1 amide bonds. The van der Waals surface area contributed by atoms with E-state index in [-0.39, 0.29) is 24.3 Å². The van der Waals surface area contributed by atoms with Gasteiger partial charge in [-0.05, 0) is 49.1 Å². The molecule has 2 aromatic rings. The Hall–Kier alpha value is -2.18. The molecule has 1 aromatic carbocycles. The maximum absolute atomic E-state index is 12.1. The topological polar surface area (TPSA) is 90.1 Å². The molecule has 0 spiro atoms. The van der Waals surface area contributed by atoms with Gasteiger partial charge in [0, 0.05) is 18.1 Å². The fourth-order valence-electron chi connectivity index (χ4n) is 2.12. The summed E-state index contributed by atoms with van der Waals surface area (Å²) in [6, 6.07) is 6.85. The summed E-state index contributed by atoms with van der Waals surface area (Å²) in [6.45, 7) is 5.97. The SMILES string of the molecule is Cc1cc(Oc2ncccn2)ccc1NC(=O)[C@@H](N)CC(C)C.Cl. The van der Waals surface area contributed by atoms with E-state index >= 15 is 0 Å². The number of aryl methyl sites for hydroxylation is 1. The summed E-state index contributed by atoms with van der Waals surface area (Å²) in [7, 11) is 0. The molecule has 0 bridgehead atoms. The first kappa shape index (κ1) is 19.9. The molecule has 0 aliphatic heterocycles. The summed E-state index contributed by atoms with van der Waals surface area (Å²) in [5.74, 6) is 0.804. The third-order valence-electron chi connectivity index (χ3n) is 3.27. The number of hydrogen-bond donors (Lipinski definition) is 2. The third-order valence-corrected chi connectivity index (χ3v) is 3.27. The summed E-state index contributed by atoms with van der Waals surface area (Å²) < 4.78 is 5.56. The summed E-state index contributed by atoms with van der Waals surface area (Å²) in [5, 5.41) is 2.86. The zero-order valence-corrected chi connectivity index (χ0v) is 14.8. The van der Waals surface area contributed by atoms with Crippen molar-refractivity contribution in [1.29, 1.82) is 0 Å². The van der Waals surface area contributed by atoms with Gasteiger partial charge in [-0.15, -0.1) is 12.4 Å². The summed E-state index contributed by atoms with van der Waals surface area (Å²) in [5.41, 5.74) is 7.49. The minimum Gasteiger partial charge on any atom is -0.424 e. The zero-order chi connectivity index (χ0) is 16.8. The van der Waals surface area contributed by atoms with E-state index in [1.165, 1.54) is 0 Å². The van der Waals surface area contributed by atoms with Gasteiger partial charge in [0.1, 0.15) is 5.75 Å². The highest BCUT2D eigenvalue weighted by atomic mass is 35.5. The third kappa shape index (κ3) is 5.79. The Morgan fingerprint density at radius 2 is 1.96 bits per heavy atom. The van der Waals surface area contributed by atoms with Crippen molar-refractivity contribution in [3.05, 3.63) is 42.2 Å². The van der Waals surface area contributed by atoms with Crippen LogP contribution in [0.1, 0.15) is 25.8 Å². The molecule has 1 aromatic heterocycles. The van der Waals surface area contributed by atoms with Gasteiger partial charge in [-0.2, -0.15) is 0 Å². The normalized spacial score (nSPS) is 11.5. The van der Waals surface area contributed by atoms with E-state index in [2.05, 4.69) is 15.3 Å². The number of halogens is 1. The minimum absolute atomic E-state index is 0. The molecular formula is C17H23ClN4O2. The lowest BCUT2D eigenvalue weighted by Crippen LogP contribution is -2.36. The van der Waals surface area contributed by atoms with E-state index in [1.54, 1.807) is 30.6 Å². The number of carbonyl (C=O) groups is 1.